The molecule has 1 N–H and O–H groups in total. The minimum atomic E-state index is -0.373. The molecule has 0 fully saturated rings. The molecule has 0 aromatic rings. The van der Waals surface area contributed by atoms with Gasteiger partial charge in [0.25, 0.3) is 0 Å². The van der Waals surface area contributed by atoms with E-state index in [2.05, 4.69) is 5.92 Å². The first kappa shape index (κ1) is 8.52. The quantitative estimate of drug-likeness (QED) is 0.527. The van der Waals surface area contributed by atoms with Gasteiger partial charge in [0.1, 0.15) is 0 Å². The molecule has 1 nitrogen and oxygen atoms in total. The summed E-state index contributed by atoms with van der Waals surface area (Å²) in [5.41, 5.74) is -0.0770. The van der Waals surface area contributed by atoms with E-state index in [-0.39, 0.29) is 11.5 Å². The second kappa shape index (κ2) is 2.89. The minimum Gasteiger partial charge on any atom is -0.392 e. The van der Waals surface area contributed by atoms with Gasteiger partial charge in [-0.1, -0.05) is 20.8 Å². The highest BCUT2D eigenvalue weighted by Crippen LogP contribution is 2.20. The van der Waals surface area contributed by atoms with Crippen molar-refractivity contribution < 1.29 is 5.11 Å². The van der Waals surface area contributed by atoms with Crippen LogP contribution in [-0.4, -0.2) is 11.2 Å². The zero-order valence-corrected chi connectivity index (χ0v) is 6.31. The Hall–Kier alpha value is -0.480. The molecule has 0 bridgehead atoms. The van der Waals surface area contributed by atoms with Gasteiger partial charge in [-0.3, -0.25) is 0 Å². The molecule has 1 unspecified atom stereocenters. The van der Waals surface area contributed by atoms with Gasteiger partial charge >= 0.3 is 0 Å². The Morgan fingerprint density at radius 1 is 1.56 bits per heavy atom. The summed E-state index contributed by atoms with van der Waals surface area (Å²) in [4.78, 5) is 0. The van der Waals surface area contributed by atoms with Crippen molar-refractivity contribution in [2.75, 3.05) is 0 Å². The molecule has 0 radical (unpaired) electrons. The van der Waals surface area contributed by atoms with Gasteiger partial charge in [0.15, 0.2) is 0 Å². The third kappa shape index (κ3) is 3.16. The van der Waals surface area contributed by atoms with Crippen LogP contribution in [0.5, 0.6) is 0 Å². The van der Waals surface area contributed by atoms with Crippen LogP contribution in [0, 0.1) is 17.8 Å². The van der Waals surface area contributed by atoms with E-state index >= 15 is 0 Å². The second-order valence-corrected chi connectivity index (χ2v) is 3.29. The molecule has 0 saturated carbocycles. The lowest BCUT2D eigenvalue weighted by Gasteiger charge is -2.23. The predicted octanol–water partition coefficient (Wildman–Crippen LogP) is 1.42. The molecule has 0 spiro atoms. The fourth-order valence-corrected chi connectivity index (χ4v) is 0.418. The molecule has 1 heteroatoms. The Morgan fingerprint density at radius 3 is 2.11 bits per heavy atom. The van der Waals surface area contributed by atoms with E-state index in [0.717, 1.165) is 0 Å². The van der Waals surface area contributed by atoms with Gasteiger partial charge in [-0.15, -0.1) is 12.3 Å². The van der Waals surface area contributed by atoms with Crippen LogP contribution in [0.1, 0.15) is 27.2 Å². The van der Waals surface area contributed by atoms with Crippen LogP contribution in [0.3, 0.4) is 0 Å². The number of terminal acetylenes is 1. The lowest BCUT2D eigenvalue weighted by molar-refractivity contribution is 0.0678. The second-order valence-electron chi connectivity index (χ2n) is 3.29. The molecule has 52 valence electrons. The van der Waals surface area contributed by atoms with Crippen molar-refractivity contribution in [2.24, 2.45) is 5.41 Å². The van der Waals surface area contributed by atoms with Crippen LogP contribution in [-0.2, 0) is 0 Å². The molecule has 9 heavy (non-hydrogen) atoms. The molecule has 0 saturated heterocycles. The van der Waals surface area contributed by atoms with Gasteiger partial charge in [0, 0.05) is 6.42 Å². The Kier molecular flexibility index (Phi) is 2.73. The third-order valence-electron chi connectivity index (χ3n) is 1.31. The summed E-state index contributed by atoms with van der Waals surface area (Å²) in [6.45, 7) is 5.90. The summed E-state index contributed by atoms with van der Waals surface area (Å²) in [5, 5.41) is 9.24. The van der Waals surface area contributed by atoms with Crippen LogP contribution >= 0.6 is 0 Å². The summed E-state index contributed by atoms with van der Waals surface area (Å²) in [7, 11) is 0. The number of aliphatic hydroxyl groups is 1. The Morgan fingerprint density at radius 2 is 2.00 bits per heavy atom. The first-order valence-electron chi connectivity index (χ1n) is 3.10. The van der Waals surface area contributed by atoms with Crippen LogP contribution in [0.25, 0.3) is 0 Å². The Labute approximate surface area is 57.1 Å². The topological polar surface area (TPSA) is 20.2 Å². The van der Waals surface area contributed by atoms with Gasteiger partial charge in [0.05, 0.1) is 6.10 Å². The zero-order valence-electron chi connectivity index (χ0n) is 6.31. The molecule has 0 aliphatic carbocycles. The first-order valence-corrected chi connectivity index (χ1v) is 3.10. The van der Waals surface area contributed by atoms with E-state index < -0.39 is 0 Å². The highest BCUT2D eigenvalue weighted by Gasteiger charge is 2.20. The molecule has 1 atom stereocenters. The van der Waals surface area contributed by atoms with Crippen LogP contribution in [0.2, 0.25) is 0 Å². The summed E-state index contributed by atoms with van der Waals surface area (Å²) in [5.74, 6) is 2.42. The number of rotatable bonds is 1. The molecular formula is C8H14O. The summed E-state index contributed by atoms with van der Waals surface area (Å²) in [6, 6.07) is 0. The predicted molar refractivity (Wildman–Crippen MR) is 38.9 cm³/mol. The molecular weight excluding hydrogens is 112 g/mol. The largest absolute Gasteiger partial charge is 0.392 e. The number of aliphatic hydroxyl groups excluding tert-OH is 1. The van der Waals surface area contributed by atoms with Gasteiger partial charge in [-0.2, -0.15) is 0 Å². The maximum absolute atomic E-state index is 9.24. The fourth-order valence-electron chi connectivity index (χ4n) is 0.418. The highest BCUT2D eigenvalue weighted by molar-refractivity contribution is 4.90. The molecule has 0 rings (SSSR count). The summed E-state index contributed by atoms with van der Waals surface area (Å²) in [6.07, 6.45) is 5.09. The maximum atomic E-state index is 9.24. The van der Waals surface area contributed by atoms with E-state index in [0.29, 0.717) is 6.42 Å². The first-order chi connectivity index (χ1) is 3.98. The van der Waals surface area contributed by atoms with Crippen molar-refractivity contribution in [1.29, 1.82) is 0 Å². The van der Waals surface area contributed by atoms with Gasteiger partial charge in [-0.25, -0.2) is 0 Å². The third-order valence-corrected chi connectivity index (χ3v) is 1.31. The maximum Gasteiger partial charge on any atom is 0.0697 e. The van der Waals surface area contributed by atoms with Crippen molar-refractivity contribution in [1.82, 2.24) is 0 Å². The van der Waals surface area contributed by atoms with E-state index in [1.165, 1.54) is 0 Å². The van der Waals surface area contributed by atoms with Crippen molar-refractivity contribution in [3.63, 3.8) is 0 Å². The van der Waals surface area contributed by atoms with E-state index in [9.17, 15) is 5.11 Å². The lowest BCUT2D eigenvalue weighted by Crippen LogP contribution is -2.25. The zero-order chi connectivity index (χ0) is 7.49. The van der Waals surface area contributed by atoms with Crippen LogP contribution in [0.4, 0.5) is 0 Å². The average Bonchev–Trinajstić information content (AvgIpc) is 1.64. The summed E-state index contributed by atoms with van der Waals surface area (Å²) < 4.78 is 0. The SMILES string of the molecule is C#CCC(O)C(C)(C)C. The molecule has 0 amide bonds. The van der Waals surface area contributed by atoms with Crippen molar-refractivity contribution in [2.45, 2.75) is 33.3 Å². The van der Waals surface area contributed by atoms with Crippen molar-refractivity contribution in [3.8, 4) is 12.3 Å². The van der Waals surface area contributed by atoms with Crippen LogP contribution < -0.4 is 0 Å². The molecule has 0 aliphatic heterocycles. The average molecular weight is 126 g/mol. The van der Waals surface area contributed by atoms with Crippen molar-refractivity contribution in [3.05, 3.63) is 0 Å². The number of hydrogen-bond acceptors (Lipinski definition) is 1. The minimum absolute atomic E-state index is 0.0770. The number of hydrogen-bond donors (Lipinski definition) is 1. The fraction of sp³-hybridized carbons (Fsp3) is 0.750. The standard InChI is InChI=1S/C8H14O/c1-5-6-7(9)8(2,3)4/h1,7,9H,6H2,2-4H3. The Bertz CT molecular complexity index is 114. The molecule has 0 aliphatic rings. The van der Waals surface area contributed by atoms with E-state index in [1.54, 1.807) is 0 Å². The van der Waals surface area contributed by atoms with Crippen LogP contribution in [0.15, 0.2) is 0 Å². The molecule has 0 aromatic carbocycles. The van der Waals surface area contributed by atoms with Gasteiger partial charge in [-0.05, 0) is 5.41 Å². The lowest BCUT2D eigenvalue weighted by atomic mass is 9.87. The van der Waals surface area contributed by atoms with E-state index in [4.69, 9.17) is 6.42 Å². The van der Waals surface area contributed by atoms with Gasteiger partial charge in [0.2, 0.25) is 0 Å². The highest BCUT2D eigenvalue weighted by atomic mass is 16.3. The van der Waals surface area contributed by atoms with Crippen molar-refractivity contribution >= 4 is 0 Å². The normalized spacial score (nSPS) is 14.6. The summed E-state index contributed by atoms with van der Waals surface area (Å²) >= 11 is 0. The van der Waals surface area contributed by atoms with Gasteiger partial charge < -0.3 is 5.11 Å². The molecule has 0 aromatic heterocycles. The Balaban J connectivity index is 3.76. The monoisotopic (exact) mass is 126 g/mol. The smallest absolute Gasteiger partial charge is 0.0697 e. The molecule has 0 heterocycles. The van der Waals surface area contributed by atoms with E-state index in [1.807, 2.05) is 20.8 Å².